The van der Waals surface area contributed by atoms with Crippen LogP contribution < -0.4 is 4.90 Å². The van der Waals surface area contributed by atoms with Crippen molar-refractivity contribution in [3.05, 3.63) is 76.3 Å². The highest BCUT2D eigenvalue weighted by atomic mass is 79.9. The lowest BCUT2D eigenvalue weighted by molar-refractivity contribution is -0.0368. The molecule has 0 radical (unpaired) electrons. The van der Waals surface area contributed by atoms with E-state index in [0.29, 0.717) is 6.42 Å². The van der Waals surface area contributed by atoms with Gasteiger partial charge in [-0.2, -0.15) is 5.26 Å². The number of pyridine rings is 1. The first kappa shape index (κ1) is 26.3. The second-order valence-electron chi connectivity index (χ2n) is 11.3. The van der Waals surface area contributed by atoms with Crippen molar-refractivity contribution in [1.29, 1.82) is 5.26 Å². The minimum Gasteiger partial charge on any atom is -0.356 e. The minimum atomic E-state index is -0.425. The zero-order chi connectivity index (χ0) is 27.8. The lowest BCUT2D eigenvalue weighted by Gasteiger charge is -2.30. The van der Waals surface area contributed by atoms with Gasteiger partial charge in [-0.15, -0.1) is 5.10 Å². The van der Waals surface area contributed by atoms with Crippen LogP contribution in [0.25, 0.3) is 16.7 Å². The molecule has 9 heteroatoms. The van der Waals surface area contributed by atoms with Crippen LogP contribution in [-0.4, -0.2) is 37.9 Å². The van der Waals surface area contributed by atoms with Gasteiger partial charge in [0.05, 0.1) is 34.8 Å². The van der Waals surface area contributed by atoms with Gasteiger partial charge < -0.3 is 9.64 Å². The number of hydrogen-bond acceptors (Lipinski definition) is 7. The summed E-state index contributed by atoms with van der Waals surface area (Å²) in [5, 5.41) is 15.3. The maximum atomic E-state index is 10.2. The van der Waals surface area contributed by atoms with Crippen molar-refractivity contribution < 1.29 is 4.74 Å². The van der Waals surface area contributed by atoms with E-state index in [4.69, 9.17) is 19.8 Å². The van der Waals surface area contributed by atoms with Crippen molar-refractivity contribution in [2.75, 3.05) is 18.1 Å². The summed E-state index contributed by atoms with van der Waals surface area (Å²) >= 11 is 3.66. The number of fused-ring (bicyclic) bond motifs is 2. The third-order valence-electron chi connectivity index (χ3n) is 8.69. The zero-order valence-corrected chi connectivity index (χ0v) is 24.6. The normalized spacial score (nSPS) is 22.7. The van der Waals surface area contributed by atoms with Gasteiger partial charge in [0.1, 0.15) is 0 Å². The molecule has 0 amide bonds. The lowest BCUT2D eigenvalue weighted by atomic mass is 9.72. The van der Waals surface area contributed by atoms with Crippen LogP contribution in [0, 0.1) is 16.7 Å². The van der Waals surface area contributed by atoms with Crippen LogP contribution in [-0.2, 0) is 17.6 Å². The number of hydrogen-bond donors (Lipinski definition) is 0. The van der Waals surface area contributed by atoms with Crippen molar-refractivity contribution in [3.8, 4) is 6.07 Å². The molecule has 41 heavy (non-hydrogen) atoms. The quantitative estimate of drug-likeness (QED) is 0.238. The zero-order valence-electron chi connectivity index (χ0n) is 23.0. The number of benzene rings is 1. The Kier molecular flexibility index (Phi) is 7.05. The van der Waals surface area contributed by atoms with E-state index in [1.165, 1.54) is 5.56 Å². The molecule has 1 aromatic carbocycles. The first-order valence-corrected chi connectivity index (χ1v) is 15.4. The van der Waals surface area contributed by atoms with Gasteiger partial charge in [-0.25, -0.2) is 14.6 Å². The topological polar surface area (TPSA) is 92.8 Å². The third kappa shape index (κ3) is 4.93. The summed E-state index contributed by atoms with van der Waals surface area (Å²) in [5.74, 6) is 0.816. The first-order chi connectivity index (χ1) is 20.1. The van der Waals surface area contributed by atoms with E-state index >= 15 is 0 Å². The Balaban J connectivity index is 1.25. The average Bonchev–Trinajstić information content (AvgIpc) is 3.41. The fourth-order valence-electron chi connectivity index (χ4n) is 6.40. The second kappa shape index (κ2) is 11.0. The van der Waals surface area contributed by atoms with Crippen molar-refractivity contribution in [2.45, 2.75) is 64.0 Å². The van der Waals surface area contributed by atoms with Crippen LogP contribution in [0.4, 0.5) is 11.5 Å². The fourth-order valence-corrected chi connectivity index (χ4v) is 6.82. The number of ether oxygens (including phenoxy) is 1. The molecule has 0 saturated carbocycles. The van der Waals surface area contributed by atoms with Crippen molar-refractivity contribution in [3.63, 3.8) is 0 Å². The van der Waals surface area contributed by atoms with Gasteiger partial charge in [-0.1, -0.05) is 40.2 Å². The fraction of sp³-hybridized carbons (Fsp3) is 0.406. The number of halogens is 1. The van der Waals surface area contributed by atoms with E-state index in [1.807, 2.05) is 41.3 Å². The number of nitrogens with zero attached hydrogens (tertiary/aromatic N) is 7. The van der Waals surface area contributed by atoms with E-state index in [-0.39, 0.29) is 6.23 Å². The van der Waals surface area contributed by atoms with Crippen LogP contribution in [0.5, 0.6) is 0 Å². The van der Waals surface area contributed by atoms with Gasteiger partial charge in [0.15, 0.2) is 23.2 Å². The largest absolute Gasteiger partial charge is 0.356 e. The van der Waals surface area contributed by atoms with Gasteiger partial charge in [0.2, 0.25) is 0 Å². The van der Waals surface area contributed by atoms with E-state index in [9.17, 15) is 5.26 Å². The Morgan fingerprint density at radius 2 is 2.02 bits per heavy atom. The Morgan fingerprint density at radius 1 is 1.10 bits per heavy atom. The summed E-state index contributed by atoms with van der Waals surface area (Å²) in [4.78, 5) is 17.0. The summed E-state index contributed by atoms with van der Waals surface area (Å²) in [7, 11) is 0. The molecule has 8 nitrogen and oxygen atoms in total. The van der Waals surface area contributed by atoms with Crippen LogP contribution in [0.2, 0.25) is 0 Å². The average molecular weight is 611 g/mol. The highest BCUT2D eigenvalue weighted by Gasteiger charge is 2.34. The van der Waals surface area contributed by atoms with Gasteiger partial charge in [-0.05, 0) is 87.1 Å². The lowest BCUT2D eigenvalue weighted by Crippen LogP contribution is -2.26. The van der Waals surface area contributed by atoms with Crippen molar-refractivity contribution in [2.24, 2.45) is 5.41 Å². The van der Waals surface area contributed by atoms with Crippen LogP contribution >= 0.6 is 15.9 Å². The predicted molar refractivity (Wildman–Crippen MR) is 161 cm³/mol. The molecule has 4 aromatic rings. The molecule has 0 bridgehead atoms. The first-order valence-electron chi connectivity index (χ1n) is 14.6. The summed E-state index contributed by atoms with van der Waals surface area (Å²) in [6.07, 6.45) is 13.8. The van der Waals surface area contributed by atoms with Crippen molar-refractivity contribution in [1.82, 2.24) is 24.7 Å². The van der Waals surface area contributed by atoms with Gasteiger partial charge in [0.25, 0.3) is 0 Å². The minimum absolute atomic E-state index is 0.154. The van der Waals surface area contributed by atoms with E-state index in [1.54, 1.807) is 0 Å². The van der Waals surface area contributed by atoms with Gasteiger partial charge in [0, 0.05) is 23.8 Å². The van der Waals surface area contributed by atoms with Crippen LogP contribution in [0.15, 0.2) is 59.3 Å². The van der Waals surface area contributed by atoms with Crippen LogP contribution in [0.1, 0.15) is 68.1 Å². The molecular weight excluding hydrogens is 578 g/mol. The number of aryl methyl sites for hydroxylation is 1. The Bertz CT molecular complexity index is 1670. The van der Waals surface area contributed by atoms with Crippen LogP contribution in [0.3, 0.4) is 0 Å². The highest BCUT2D eigenvalue weighted by Crippen LogP contribution is 2.42. The smallest absolute Gasteiger partial charge is 0.183 e. The van der Waals surface area contributed by atoms with Gasteiger partial charge in [-0.3, -0.25) is 4.98 Å². The van der Waals surface area contributed by atoms with E-state index < -0.39 is 5.41 Å². The molecule has 3 aromatic heterocycles. The van der Waals surface area contributed by atoms with Crippen molar-refractivity contribution >= 4 is 44.2 Å². The Morgan fingerprint density at radius 3 is 2.83 bits per heavy atom. The third-order valence-corrected chi connectivity index (χ3v) is 9.46. The Labute approximate surface area is 248 Å². The molecule has 1 saturated heterocycles. The summed E-state index contributed by atoms with van der Waals surface area (Å²) in [6.45, 7) is 1.59. The number of nitriles is 1. The predicted octanol–water partition coefficient (Wildman–Crippen LogP) is 7.09. The number of aromatic nitrogens is 5. The number of rotatable bonds is 5. The number of anilines is 2. The van der Waals surface area contributed by atoms with Gasteiger partial charge >= 0.3 is 0 Å². The standard InChI is InChI=1S/C32H32BrN7O/c33-24-8-2-1-7-23(24)19-32(21-34)14-12-22(13-15-32)26-20-36-29-30(37-26)40(28-11-3-4-18-41-28)38-31(29)39-17-6-9-25-27(39)10-5-16-35-25/h1-2,5,7-8,10,12,16,20,28H,3-4,6,9,11,13-15,17-19H2. The molecule has 0 spiro atoms. The molecule has 2 aliphatic heterocycles. The molecular formula is C32H32BrN7O. The van der Waals surface area contributed by atoms with E-state index in [0.717, 1.165) is 109 Å². The summed E-state index contributed by atoms with van der Waals surface area (Å²) in [6, 6.07) is 14.9. The molecule has 1 fully saturated rings. The van der Waals surface area contributed by atoms with E-state index in [2.05, 4.69) is 50.1 Å². The Hall–Kier alpha value is -3.61. The summed E-state index contributed by atoms with van der Waals surface area (Å²) < 4.78 is 9.20. The number of allylic oxidation sites excluding steroid dienone is 2. The molecule has 3 aliphatic rings. The SMILES string of the molecule is N#CC1(Cc2ccccc2Br)CC=C(c2cnc3c(N4CCCc5ncccc54)nn(C4CCCCO4)c3n2)CC1. The monoisotopic (exact) mass is 609 g/mol. The second-order valence-corrected chi connectivity index (χ2v) is 12.2. The molecule has 1 aliphatic carbocycles. The molecule has 0 N–H and O–H groups in total. The highest BCUT2D eigenvalue weighted by molar-refractivity contribution is 9.10. The molecule has 5 heterocycles. The molecule has 2 unspecified atom stereocenters. The maximum Gasteiger partial charge on any atom is 0.183 e. The molecule has 208 valence electrons. The summed E-state index contributed by atoms with van der Waals surface area (Å²) in [5.41, 5.74) is 6.47. The molecule has 7 rings (SSSR count). The molecule has 2 atom stereocenters. The maximum absolute atomic E-state index is 10.2.